The Labute approximate surface area is 186 Å². The van der Waals surface area contributed by atoms with Crippen LogP contribution >= 0.6 is 11.3 Å². The fourth-order valence-corrected chi connectivity index (χ4v) is 5.51. The first kappa shape index (κ1) is 21.6. The van der Waals surface area contributed by atoms with Gasteiger partial charge in [0.1, 0.15) is 11.4 Å². The van der Waals surface area contributed by atoms with Crippen LogP contribution in [0.15, 0.2) is 35.4 Å². The van der Waals surface area contributed by atoms with Crippen molar-refractivity contribution in [3.8, 4) is 0 Å². The van der Waals surface area contributed by atoms with Gasteiger partial charge in [-0.05, 0) is 60.4 Å². The van der Waals surface area contributed by atoms with Gasteiger partial charge in [-0.25, -0.2) is 4.98 Å². The van der Waals surface area contributed by atoms with Gasteiger partial charge in [0.2, 0.25) is 5.91 Å². The Kier molecular flexibility index (Phi) is 5.64. The zero-order valence-corrected chi connectivity index (χ0v) is 19.7. The number of fused-ring (bicyclic) bond motifs is 3. The van der Waals surface area contributed by atoms with Crippen LogP contribution < -0.4 is 15.8 Å². The summed E-state index contributed by atoms with van der Waals surface area (Å²) < 4.78 is 1.43. The van der Waals surface area contributed by atoms with Gasteiger partial charge in [-0.1, -0.05) is 20.8 Å². The standard InChI is InChI=1S/C24H30N4O2S/c1-24(2,3)15-6-11-18-19(12-15)31-22-21(18)23(30)28(14-25-22)13-20(29)26-16-7-9-17(10-8-16)27(4)5/h7-10,14-15H,6,11-13H2,1-5H3,(H,26,29). The van der Waals surface area contributed by atoms with Crippen LogP contribution in [0.25, 0.3) is 10.2 Å². The molecule has 1 aliphatic rings. The van der Waals surface area contributed by atoms with E-state index >= 15 is 0 Å². The first-order valence-corrected chi connectivity index (χ1v) is 11.5. The van der Waals surface area contributed by atoms with Crippen LogP contribution in [0, 0.1) is 11.3 Å². The van der Waals surface area contributed by atoms with E-state index in [0.29, 0.717) is 17.0 Å². The topological polar surface area (TPSA) is 67.2 Å². The van der Waals surface area contributed by atoms with Crippen LogP contribution in [0.1, 0.15) is 37.6 Å². The molecule has 3 aromatic rings. The Hall–Kier alpha value is -2.67. The molecule has 0 saturated carbocycles. The van der Waals surface area contributed by atoms with E-state index in [0.717, 1.165) is 35.3 Å². The van der Waals surface area contributed by atoms with Crippen LogP contribution in [0.3, 0.4) is 0 Å². The molecule has 0 radical (unpaired) electrons. The first-order chi connectivity index (χ1) is 14.6. The van der Waals surface area contributed by atoms with Gasteiger partial charge < -0.3 is 10.2 Å². The van der Waals surface area contributed by atoms with Crippen LogP contribution in [-0.2, 0) is 24.2 Å². The summed E-state index contributed by atoms with van der Waals surface area (Å²) in [6, 6.07) is 7.60. The summed E-state index contributed by atoms with van der Waals surface area (Å²) in [6.45, 7) is 6.81. The van der Waals surface area contributed by atoms with Gasteiger partial charge in [-0.15, -0.1) is 11.3 Å². The molecule has 2 heterocycles. The van der Waals surface area contributed by atoms with Crippen LogP contribution in [0.2, 0.25) is 0 Å². The lowest BCUT2D eigenvalue weighted by atomic mass is 9.72. The molecule has 164 valence electrons. The Bertz CT molecular complexity index is 1170. The molecule has 6 nitrogen and oxygen atoms in total. The highest BCUT2D eigenvalue weighted by molar-refractivity contribution is 7.18. The lowest BCUT2D eigenvalue weighted by molar-refractivity contribution is -0.116. The third-order valence-corrected chi connectivity index (χ3v) is 7.40. The Morgan fingerprint density at radius 2 is 1.97 bits per heavy atom. The van der Waals surface area contributed by atoms with Gasteiger partial charge in [0, 0.05) is 30.3 Å². The summed E-state index contributed by atoms with van der Waals surface area (Å²) in [6.07, 6.45) is 4.49. The number of hydrogen-bond donors (Lipinski definition) is 1. The van der Waals surface area contributed by atoms with Gasteiger partial charge in [0.05, 0.1) is 11.7 Å². The third-order valence-electron chi connectivity index (χ3n) is 6.24. The van der Waals surface area contributed by atoms with Crippen LogP contribution in [-0.4, -0.2) is 29.6 Å². The fraction of sp³-hybridized carbons (Fsp3) is 0.458. The van der Waals surface area contributed by atoms with Crippen molar-refractivity contribution in [2.24, 2.45) is 11.3 Å². The molecule has 1 aromatic carbocycles. The molecule has 1 unspecified atom stereocenters. The van der Waals surface area contributed by atoms with Crippen molar-refractivity contribution in [1.82, 2.24) is 9.55 Å². The second-order valence-electron chi connectivity index (χ2n) is 9.66. The fourth-order valence-electron chi connectivity index (χ4n) is 4.25. The number of rotatable bonds is 4. The number of hydrogen-bond acceptors (Lipinski definition) is 5. The number of benzene rings is 1. The van der Waals surface area contributed by atoms with E-state index in [1.165, 1.54) is 15.8 Å². The molecule has 7 heteroatoms. The number of nitrogens with one attached hydrogen (secondary N) is 1. The SMILES string of the molecule is CN(C)c1ccc(NC(=O)Cn2cnc3sc4c(c3c2=O)CCC(C(C)(C)C)C4)cc1. The molecule has 1 aliphatic carbocycles. The molecule has 4 rings (SSSR count). The van der Waals surface area contributed by atoms with Gasteiger partial charge in [-0.3, -0.25) is 14.2 Å². The van der Waals surface area contributed by atoms with E-state index in [2.05, 4.69) is 31.1 Å². The Morgan fingerprint density at radius 1 is 1.26 bits per heavy atom. The predicted molar refractivity (Wildman–Crippen MR) is 128 cm³/mol. The quantitative estimate of drug-likeness (QED) is 0.659. The number of aromatic nitrogens is 2. The first-order valence-electron chi connectivity index (χ1n) is 10.7. The highest BCUT2D eigenvalue weighted by Crippen LogP contribution is 2.41. The number of nitrogens with zero attached hydrogens (tertiary/aromatic N) is 3. The summed E-state index contributed by atoms with van der Waals surface area (Å²) in [5.74, 6) is 0.373. The van der Waals surface area contributed by atoms with Gasteiger partial charge >= 0.3 is 0 Å². The third kappa shape index (κ3) is 4.37. The molecule has 1 N–H and O–H groups in total. The predicted octanol–water partition coefficient (Wildman–Crippen LogP) is 4.31. The average molecular weight is 439 g/mol. The number of carbonyl (C=O) groups excluding carboxylic acids is 1. The van der Waals surface area contributed by atoms with Crippen LogP contribution in [0.4, 0.5) is 11.4 Å². The summed E-state index contributed by atoms with van der Waals surface area (Å²) in [5.41, 5.74) is 3.05. The zero-order chi connectivity index (χ0) is 22.3. The van der Waals surface area contributed by atoms with Gasteiger partial charge in [0.25, 0.3) is 5.56 Å². The minimum atomic E-state index is -0.238. The molecule has 1 amide bonds. The number of amides is 1. The highest BCUT2D eigenvalue weighted by atomic mass is 32.1. The van der Waals surface area contributed by atoms with E-state index in [1.54, 1.807) is 11.3 Å². The molecule has 0 fully saturated rings. The second-order valence-corrected chi connectivity index (χ2v) is 10.7. The summed E-state index contributed by atoms with van der Waals surface area (Å²) >= 11 is 1.64. The normalized spacial score (nSPS) is 16.2. The highest BCUT2D eigenvalue weighted by Gasteiger charge is 2.31. The van der Waals surface area contributed by atoms with Crippen molar-refractivity contribution in [1.29, 1.82) is 0 Å². The molecule has 0 spiro atoms. The number of aryl methyl sites for hydroxylation is 1. The molecule has 2 aromatic heterocycles. The van der Waals surface area contributed by atoms with Crippen molar-refractivity contribution in [3.63, 3.8) is 0 Å². The maximum absolute atomic E-state index is 13.2. The van der Waals surface area contributed by atoms with Crippen molar-refractivity contribution in [2.75, 3.05) is 24.3 Å². The molecule has 0 saturated heterocycles. The molecule has 0 aliphatic heterocycles. The van der Waals surface area contributed by atoms with Crippen molar-refractivity contribution in [3.05, 3.63) is 51.4 Å². The minimum Gasteiger partial charge on any atom is -0.378 e. The minimum absolute atomic E-state index is 0.0492. The Morgan fingerprint density at radius 3 is 2.61 bits per heavy atom. The zero-order valence-electron chi connectivity index (χ0n) is 18.9. The van der Waals surface area contributed by atoms with Crippen molar-refractivity contribution < 1.29 is 4.79 Å². The van der Waals surface area contributed by atoms with Crippen molar-refractivity contribution in [2.45, 2.75) is 46.6 Å². The average Bonchev–Trinajstić information content (AvgIpc) is 3.08. The second kappa shape index (κ2) is 8.11. The molecule has 1 atom stereocenters. The lowest BCUT2D eigenvalue weighted by Crippen LogP contribution is -2.29. The smallest absolute Gasteiger partial charge is 0.262 e. The lowest BCUT2D eigenvalue weighted by Gasteiger charge is -2.33. The van der Waals surface area contributed by atoms with E-state index in [-0.39, 0.29) is 23.4 Å². The summed E-state index contributed by atoms with van der Waals surface area (Å²) in [5, 5.41) is 3.57. The van der Waals surface area contributed by atoms with Crippen LogP contribution in [0.5, 0.6) is 0 Å². The monoisotopic (exact) mass is 438 g/mol. The van der Waals surface area contributed by atoms with Crippen molar-refractivity contribution >= 4 is 38.8 Å². The van der Waals surface area contributed by atoms with Gasteiger partial charge in [-0.2, -0.15) is 0 Å². The summed E-state index contributed by atoms with van der Waals surface area (Å²) in [4.78, 5) is 34.4. The molecule has 0 bridgehead atoms. The Balaban J connectivity index is 1.54. The van der Waals surface area contributed by atoms with E-state index < -0.39 is 0 Å². The maximum atomic E-state index is 13.2. The summed E-state index contributed by atoms with van der Waals surface area (Å²) in [7, 11) is 3.94. The van der Waals surface area contributed by atoms with Gasteiger partial charge in [0.15, 0.2) is 0 Å². The maximum Gasteiger partial charge on any atom is 0.262 e. The van der Waals surface area contributed by atoms with E-state index in [1.807, 2.05) is 43.3 Å². The number of carbonyl (C=O) groups is 1. The number of thiophene rings is 1. The largest absolute Gasteiger partial charge is 0.378 e. The van der Waals surface area contributed by atoms with E-state index in [4.69, 9.17) is 0 Å². The molecular weight excluding hydrogens is 408 g/mol. The molecular formula is C24H30N4O2S. The van der Waals surface area contributed by atoms with E-state index in [9.17, 15) is 9.59 Å². The molecule has 31 heavy (non-hydrogen) atoms. The number of anilines is 2.